The van der Waals surface area contributed by atoms with Crippen LogP contribution in [0.15, 0.2) is 6.07 Å². The summed E-state index contributed by atoms with van der Waals surface area (Å²) in [7, 11) is 0. The van der Waals surface area contributed by atoms with Crippen LogP contribution in [-0.4, -0.2) is 19.7 Å². The molecule has 1 saturated heterocycles. The lowest BCUT2D eigenvalue weighted by atomic mass is 9.83. The fourth-order valence-electron chi connectivity index (χ4n) is 2.63. The van der Waals surface area contributed by atoms with Gasteiger partial charge in [0.25, 0.3) is 0 Å². The van der Waals surface area contributed by atoms with Crippen LogP contribution in [0.1, 0.15) is 23.3 Å². The van der Waals surface area contributed by atoms with Crippen molar-refractivity contribution in [1.82, 2.24) is 5.32 Å². The van der Waals surface area contributed by atoms with Gasteiger partial charge in [0.05, 0.1) is 16.5 Å². The zero-order valence-corrected chi connectivity index (χ0v) is 10.1. The molecule has 0 saturated carbocycles. The van der Waals surface area contributed by atoms with Crippen molar-refractivity contribution >= 4 is 22.9 Å². The molecule has 1 aromatic heterocycles. The minimum absolute atomic E-state index is 0.0253. The van der Waals surface area contributed by atoms with E-state index in [9.17, 15) is 0 Å². The van der Waals surface area contributed by atoms with Gasteiger partial charge in [0.15, 0.2) is 0 Å². The first-order chi connectivity index (χ1) is 7.30. The van der Waals surface area contributed by atoms with Crippen molar-refractivity contribution in [3.05, 3.63) is 20.8 Å². The molecule has 1 spiro atoms. The van der Waals surface area contributed by atoms with Gasteiger partial charge in [-0.3, -0.25) is 0 Å². The van der Waals surface area contributed by atoms with E-state index < -0.39 is 0 Å². The van der Waals surface area contributed by atoms with Crippen LogP contribution in [0.5, 0.6) is 0 Å². The summed E-state index contributed by atoms with van der Waals surface area (Å²) in [5.41, 5.74) is 1.34. The smallest absolute Gasteiger partial charge is 0.0966 e. The summed E-state index contributed by atoms with van der Waals surface area (Å²) in [6, 6.07) is 2.12. The lowest BCUT2D eigenvalue weighted by Gasteiger charge is -2.40. The van der Waals surface area contributed by atoms with Crippen molar-refractivity contribution < 1.29 is 4.74 Å². The summed E-state index contributed by atoms with van der Waals surface area (Å²) in [5, 5.41) is 3.38. The number of halogens is 1. The zero-order valence-electron chi connectivity index (χ0n) is 8.51. The maximum absolute atomic E-state index is 6.10. The molecule has 0 radical (unpaired) electrons. The van der Waals surface area contributed by atoms with Gasteiger partial charge in [0.1, 0.15) is 0 Å². The van der Waals surface area contributed by atoms with Crippen LogP contribution < -0.4 is 5.32 Å². The number of nitrogens with one attached hydrogen (secondary N) is 1. The Morgan fingerprint density at radius 2 is 2.20 bits per heavy atom. The maximum Gasteiger partial charge on any atom is 0.0966 e. The molecule has 0 aliphatic carbocycles. The van der Waals surface area contributed by atoms with Crippen LogP contribution in [0.3, 0.4) is 0 Å². The molecule has 0 amide bonds. The van der Waals surface area contributed by atoms with Crippen molar-refractivity contribution in [3.8, 4) is 0 Å². The van der Waals surface area contributed by atoms with Crippen LogP contribution >= 0.6 is 22.9 Å². The van der Waals surface area contributed by atoms with E-state index in [0.29, 0.717) is 0 Å². The molecule has 0 bridgehead atoms. The summed E-state index contributed by atoms with van der Waals surface area (Å²) in [4.78, 5) is 1.44. The third kappa shape index (κ3) is 1.62. The summed E-state index contributed by atoms with van der Waals surface area (Å²) in [6.07, 6.45) is 3.18. The normalized spacial score (nSPS) is 24.1. The Kier molecular flexibility index (Phi) is 2.51. The Hall–Kier alpha value is -0.0900. The minimum atomic E-state index is -0.0253. The summed E-state index contributed by atoms with van der Waals surface area (Å²) < 4.78 is 6.96. The molecule has 0 aromatic carbocycles. The number of rotatable bonds is 0. The molecule has 3 heterocycles. The number of fused-ring (bicyclic) bond motifs is 2. The molecule has 15 heavy (non-hydrogen) atoms. The molecule has 0 unspecified atom stereocenters. The van der Waals surface area contributed by atoms with Gasteiger partial charge >= 0.3 is 0 Å². The highest BCUT2D eigenvalue weighted by Crippen LogP contribution is 2.44. The third-order valence-corrected chi connectivity index (χ3v) is 4.71. The first-order valence-electron chi connectivity index (χ1n) is 5.44. The van der Waals surface area contributed by atoms with Gasteiger partial charge in [0, 0.05) is 11.3 Å². The molecular formula is C11H14ClNOS. The number of hydrogen-bond acceptors (Lipinski definition) is 3. The van der Waals surface area contributed by atoms with Gasteiger partial charge in [-0.2, -0.15) is 0 Å². The summed E-state index contributed by atoms with van der Waals surface area (Å²) in [5.74, 6) is 0. The SMILES string of the molecule is Clc1cc2c(s1)CCOC21CCNCC1. The molecule has 82 valence electrons. The van der Waals surface area contributed by atoms with Crippen LogP contribution in [0.2, 0.25) is 4.34 Å². The second kappa shape index (κ2) is 3.74. The minimum Gasteiger partial charge on any atom is -0.370 e. The van der Waals surface area contributed by atoms with Crippen LogP contribution in [0, 0.1) is 0 Å². The third-order valence-electron chi connectivity index (χ3n) is 3.39. The zero-order chi connectivity index (χ0) is 10.3. The van der Waals surface area contributed by atoms with E-state index in [0.717, 1.165) is 43.3 Å². The Morgan fingerprint density at radius 1 is 1.40 bits per heavy atom. The molecule has 2 aliphatic rings. The first kappa shape index (κ1) is 10.1. The molecular weight excluding hydrogens is 230 g/mol. The fourth-order valence-corrected chi connectivity index (χ4v) is 3.97. The van der Waals surface area contributed by atoms with E-state index >= 15 is 0 Å². The van der Waals surface area contributed by atoms with Crippen LogP contribution in [-0.2, 0) is 16.8 Å². The van der Waals surface area contributed by atoms with E-state index in [1.807, 2.05) is 0 Å². The topological polar surface area (TPSA) is 21.3 Å². The number of hydrogen-bond donors (Lipinski definition) is 1. The van der Waals surface area contributed by atoms with Gasteiger partial charge in [-0.1, -0.05) is 11.6 Å². The fraction of sp³-hybridized carbons (Fsp3) is 0.636. The first-order valence-corrected chi connectivity index (χ1v) is 6.63. The highest BCUT2D eigenvalue weighted by atomic mass is 35.5. The quantitative estimate of drug-likeness (QED) is 0.756. The molecule has 1 N–H and O–H groups in total. The van der Waals surface area contributed by atoms with Crippen molar-refractivity contribution in [2.24, 2.45) is 0 Å². The Morgan fingerprint density at radius 3 is 3.00 bits per heavy atom. The predicted octanol–water partition coefficient (Wildman–Crippen LogP) is 2.55. The average molecular weight is 244 g/mol. The van der Waals surface area contributed by atoms with Crippen molar-refractivity contribution in [2.75, 3.05) is 19.7 Å². The van der Waals surface area contributed by atoms with Crippen LogP contribution in [0.4, 0.5) is 0 Å². The maximum atomic E-state index is 6.10. The molecule has 1 aromatic rings. The van der Waals surface area contributed by atoms with Gasteiger partial charge in [0.2, 0.25) is 0 Å². The number of piperidine rings is 1. The number of ether oxygens (including phenoxy) is 1. The van der Waals surface area contributed by atoms with Gasteiger partial charge in [-0.05, 0) is 37.6 Å². The Bertz CT molecular complexity index is 371. The van der Waals surface area contributed by atoms with Crippen molar-refractivity contribution in [2.45, 2.75) is 24.9 Å². The predicted molar refractivity (Wildman–Crippen MR) is 62.8 cm³/mol. The van der Waals surface area contributed by atoms with E-state index in [1.54, 1.807) is 11.3 Å². The largest absolute Gasteiger partial charge is 0.370 e. The van der Waals surface area contributed by atoms with Gasteiger partial charge in [-0.25, -0.2) is 0 Å². The lowest BCUT2D eigenvalue weighted by molar-refractivity contribution is -0.0792. The Labute approximate surface area is 98.6 Å². The lowest BCUT2D eigenvalue weighted by Crippen LogP contribution is -2.44. The Balaban J connectivity index is 2.03. The molecule has 2 nitrogen and oxygen atoms in total. The van der Waals surface area contributed by atoms with E-state index in [1.165, 1.54) is 10.4 Å². The molecule has 1 fully saturated rings. The van der Waals surface area contributed by atoms with E-state index in [4.69, 9.17) is 16.3 Å². The number of thiophene rings is 1. The monoisotopic (exact) mass is 243 g/mol. The second-order valence-electron chi connectivity index (χ2n) is 4.23. The summed E-state index contributed by atoms with van der Waals surface area (Å²) >= 11 is 7.82. The van der Waals surface area contributed by atoms with Crippen molar-refractivity contribution in [1.29, 1.82) is 0 Å². The highest BCUT2D eigenvalue weighted by molar-refractivity contribution is 7.16. The van der Waals surface area contributed by atoms with Crippen molar-refractivity contribution in [3.63, 3.8) is 0 Å². The average Bonchev–Trinajstić information content (AvgIpc) is 2.62. The van der Waals surface area contributed by atoms with Crippen LogP contribution in [0.25, 0.3) is 0 Å². The molecule has 2 aliphatic heterocycles. The molecule has 3 rings (SSSR count). The molecule has 0 atom stereocenters. The highest BCUT2D eigenvalue weighted by Gasteiger charge is 2.40. The summed E-state index contributed by atoms with van der Waals surface area (Å²) in [6.45, 7) is 2.95. The van der Waals surface area contributed by atoms with E-state index in [2.05, 4.69) is 11.4 Å². The van der Waals surface area contributed by atoms with Gasteiger partial charge in [-0.15, -0.1) is 11.3 Å². The van der Waals surface area contributed by atoms with Gasteiger partial charge < -0.3 is 10.1 Å². The molecule has 4 heteroatoms. The standard InChI is InChI=1S/C11H14ClNOS/c12-10-7-8-9(15-10)1-6-14-11(8)2-4-13-5-3-11/h7,13H,1-6H2. The second-order valence-corrected chi connectivity index (χ2v) is 6.00. The van der Waals surface area contributed by atoms with E-state index in [-0.39, 0.29) is 5.60 Å².